The zero-order chi connectivity index (χ0) is 42.7. The average Bonchev–Trinajstić information content (AvgIpc) is 3.34. The Hall–Kier alpha value is -8.69. The molecular weight excluding hydrogens is 763 g/mol. The molecule has 5 heterocycles. The van der Waals surface area contributed by atoms with Crippen LogP contribution in [0.4, 0.5) is 0 Å². The fourth-order valence-electron chi connectivity index (χ4n) is 6.76. The SMILES string of the molecule is C=C(/C=C\C=C/N)C(=C)/C=C\C=C(/N)c1ccccc1-c1nc(-c2ccccc2-c2cccc(-c3ccccn3)n2)nc(-c2ccccc2-c2cccc(-c3ccccn3)n2)n1. The predicted octanol–water partition coefficient (Wildman–Crippen LogP) is 11.1. The van der Waals surface area contributed by atoms with Crippen LogP contribution in [0.2, 0.25) is 0 Å². The summed E-state index contributed by atoms with van der Waals surface area (Å²) in [5, 5.41) is 0. The van der Waals surface area contributed by atoms with Gasteiger partial charge in [0.25, 0.3) is 0 Å². The molecule has 0 fully saturated rings. The Kier molecular flexibility index (Phi) is 12.2. The van der Waals surface area contributed by atoms with Crippen LogP contribution in [0.25, 0.3) is 85.2 Å². The third-order valence-electron chi connectivity index (χ3n) is 9.86. The van der Waals surface area contributed by atoms with E-state index in [4.69, 9.17) is 36.4 Å². The molecule has 0 aliphatic carbocycles. The molecule has 0 radical (unpaired) electrons. The molecule has 9 heteroatoms. The smallest absolute Gasteiger partial charge is 0.164 e. The number of pyridine rings is 4. The van der Waals surface area contributed by atoms with Crippen molar-refractivity contribution < 1.29 is 0 Å². The molecule has 3 aromatic carbocycles. The van der Waals surface area contributed by atoms with Gasteiger partial charge in [0.05, 0.1) is 34.2 Å². The van der Waals surface area contributed by atoms with E-state index < -0.39 is 0 Å². The van der Waals surface area contributed by atoms with Crippen LogP contribution < -0.4 is 11.5 Å². The van der Waals surface area contributed by atoms with Gasteiger partial charge in [0.2, 0.25) is 0 Å². The highest BCUT2D eigenvalue weighted by Crippen LogP contribution is 2.36. The van der Waals surface area contributed by atoms with E-state index in [1.807, 2.05) is 170 Å². The number of aromatic nitrogens is 7. The summed E-state index contributed by atoms with van der Waals surface area (Å²) >= 11 is 0. The first-order valence-electron chi connectivity index (χ1n) is 19.9. The second-order valence-corrected chi connectivity index (χ2v) is 14.0. The molecule has 62 heavy (non-hydrogen) atoms. The average molecular weight is 804 g/mol. The van der Waals surface area contributed by atoms with Gasteiger partial charge in [0.1, 0.15) is 0 Å². The van der Waals surface area contributed by atoms with Gasteiger partial charge < -0.3 is 11.5 Å². The number of nitrogens with two attached hydrogens (primary N) is 2. The van der Waals surface area contributed by atoms with Crippen LogP contribution >= 0.6 is 0 Å². The van der Waals surface area contributed by atoms with Crippen molar-refractivity contribution in [1.82, 2.24) is 34.9 Å². The molecule has 5 aromatic heterocycles. The first-order chi connectivity index (χ1) is 30.5. The maximum atomic E-state index is 6.84. The Morgan fingerprint density at radius 3 is 1.32 bits per heavy atom. The van der Waals surface area contributed by atoms with Crippen LogP contribution in [0.5, 0.6) is 0 Å². The fraction of sp³-hybridized carbons (Fsp3) is 0. The molecule has 0 saturated heterocycles. The number of benzene rings is 3. The van der Waals surface area contributed by atoms with Gasteiger partial charge in [0.15, 0.2) is 17.5 Å². The molecule has 9 nitrogen and oxygen atoms in total. The number of rotatable bonds is 13. The first-order valence-corrected chi connectivity index (χ1v) is 19.9. The minimum absolute atomic E-state index is 0.437. The van der Waals surface area contributed by atoms with Gasteiger partial charge in [-0.25, -0.2) is 24.9 Å². The Morgan fingerprint density at radius 2 is 0.823 bits per heavy atom. The highest BCUT2D eigenvalue weighted by atomic mass is 15.0. The standard InChI is InChI=1S/C53H41N9/c1-36(18-9-12-33-54)37(2)19-15-26-44(55)38-20-3-6-23-41(38)51-60-52(42-24-7-4-21-39(42)45-29-16-31-49(58-45)47-27-10-13-34-56-47)62-53(61-51)43-25-8-5-22-40(43)46-30-17-32-50(59-46)48-28-11-14-35-57-48/h3-35H,1-2,54-55H2/b18-9-,19-15-,33-12-,44-26-. The molecule has 0 saturated carbocycles. The topological polar surface area (TPSA) is 142 Å². The molecule has 0 spiro atoms. The molecule has 8 rings (SSSR count). The summed E-state index contributed by atoms with van der Waals surface area (Å²) in [7, 11) is 0. The van der Waals surface area contributed by atoms with Crippen LogP contribution in [0.1, 0.15) is 5.56 Å². The van der Waals surface area contributed by atoms with Crippen molar-refractivity contribution in [2.45, 2.75) is 0 Å². The lowest BCUT2D eigenvalue weighted by Crippen LogP contribution is -2.05. The van der Waals surface area contributed by atoms with Gasteiger partial charge in [-0.3, -0.25) is 9.97 Å². The van der Waals surface area contributed by atoms with E-state index in [1.165, 1.54) is 6.20 Å². The molecule has 0 bridgehead atoms. The third-order valence-corrected chi connectivity index (χ3v) is 9.86. The quantitative estimate of drug-likeness (QED) is 0.109. The number of nitrogens with zero attached hydrogens (tertiary/aromatic N) is 7. The van der Waals surface area contributed by atoms with E-state index in [2.05, 4.69) is 23.1 Å². The molecule has 8 aromatic rings. The van der Waals surface area contributed by atoms with Crippen LogP contribution in [0.15, 0.2) is 225 Å². The first kappa shape index (κ1) is 40.1. The van der Waals surface area contributed by atoms with Gasteiger partial charge in [0, 0.05) is 51.5 Å². The van der Waals surface area contributed by atoms with Crippen molar-refractivity contribution in [3.8, 4) is 79.5 Å². The van der Waals surface area contributed by atoms with Crippen LogP contribution in [0.3, 0.4) is 0 Å². The van der Waals surface area contributed by atoms with Crippen molar-refractivity contribution in [2.24, 2.45) is 11.5 Å². The summed E-state index contributed by atoms with van der Waals surface area (Å²) in [6.45, 7) is 8.23. The van der Waals surface area contributed by atoms with Gasteiger partial charge in [-0.1, -0.05) is 135 Å². The summed E-state index contributed by atoms with van der Waals surface area (Å²) in [5.74, 6) is 1.35. The second-order valence-electron chi connectivity index (χ2n) is 14.0. The summed E-state index contributed by atoms with van der Waals surface area (Å²) in [5.41, 5.74) is 23.5. The van der Waals surface area contributed by atoms with Crippen LogP contribution in [0, 0.1) is 0 Å². The lowest BCUT2D eigenvalue weighted by molar-refractivity contribution is 1.07. The van der Waals surface area contributed by atoms with E-state index >= 15 is 0 Å². The molecule has 4 N–H and O–H groups in total. The number of allylic oxidation sites excluding steroid dienone is 8. The van der Waals surface area contributed by atoms with Crippen molar-refractivity contribution in [2.75, 3.05) is 0 Å². The van der Waals surface area contributed by atoms with Gasteiger partial charge >= 0.3 is 0 Å². The van der Waals surface area contributed by atoms with E-state index in [9.17, 15) is 0 Å². The largest absolute Gasteiger partial charge is 0.405 e. The number of hydrogen-bond donors (Lipinski definition) is 2. The zero-order valence-corrected chi connectivity index (χ0v) is 33.8. The van der Waals surface area contributed by atoms with Crippen molar-refractivity contribution in [1.29, 1.82) is 0 Å². The van der Waals surface area contributed by atoms with E-state index in [0.29, 0.717) is 23.2 Å². The normalized spacial score (nSPS) is 11.7. The van der Waals surface area contributed by atoms with Gasteiger partial charge in [-0.2, -0.15) is 0 Å². The zero-order valence-electron chi connectivity index (χ0n) is 33.8. The Bertz CT molecular complexity index is 2880. The Balaban J connectivity index is 1.28. The van der Waals surface area contributed by atoms with Crippen LogP contribution in [-0.2, 0) is 0 Å². The van der Waals surface area contributed by atoms with E-state index in [1.54, 1.807) is 24.5 Å². The highest BCUT2D eigenvalue weighted by molar-refractivity contribution is 5.85. The Labute approximate surface area is 360 Å². The molecule has 0 unspecified atom stereocenters. The highest BCUT2D eigenvalue weighted by Gasteiger charge is 2.20. The summed E-state index contributed by atoms with van der Waals surface area (Å²) in [6, 6.07) is 47.2. The Morgan fingerprint density at radius 1 is 0.403 bits per heavy atom. The maximum Gasteiger partial charge on any atom is 0.164 e. The predicted molar refractivity (Wildman–Crippen MR) is 251 cm³/mol. The third kappa shape index (κ3) is 9.12. The fourth-order valence-corrected chi connectivity index (χ4v) is 6.76. The minimum Gasteiger partial charge on any atom is -0.405 e. The maximum absolute atomic E-state index is 6.84. The lowest BCUT2D eigenvalue weighted by Gasteiger charge is -2.15. The van der Waals surface area contributed by atoms with E-state index in [-0.39, 0.29) is 0 Å². The summed E-state index contributed by atoms with van der Waals surface area (Å²) in [4.78, 5) is 34.8. The summed E-state index contributed by atoms with van der Waals surface area (Å²) in [6.07, 6.45) is 15.9. The summed E-state index contributed by atoms with van der Waals surface area (Å²) < 4.78 is 0. The minimum atomic E-state index is 0.437. The van der Waals surface area contributed by atoms with Gasteiger partial charge in [-0.15, -0.1) is 0 Å². The molecular formula is C53H41N9. The number of hydrogen-bond acceptors (Lipinski definition) is 9. The molecule has 0 amide bonds. The molecule has 0 aliphatic heterocycles. The molecule has 0 aliphatic rings. The van der Waals surface area contributed by atoms with Crippen molar-refractivity contribution in [3.63, 3.8) is 0 Å². The second kappa shape index (κ2) is 18.9. The monoisotopic (exact) mass is 803 g/mol. The van der Waals surface area contributed by atoms with E-state index in [0.717, 1.165) is 78.7 Å². The van der Waals surface area contributed by atoms with Crippen molar-refractivity contribution >= 4 is 5.70 Å². The van der Waals surface area contributed by atoms with Crippen molar-refractivity contribution in [3.05, 3.63) is 231 Å². The van der Waals surface area contributed by atoms with Gasteiger partial charge in [-0.05, 0) is 78.0 Å². The molecule has 298 valence electrons. The molecule has 0 atom stereocenters. The van der Waals surface area contributed by atoms with Crippen LogP contribution in [-0.4, -0.2) is 34.9 Å². The lowest BCUT2D eigenvalue weighted by atomic mass is 10.00.